The first-order valence-electron chi connectivity index (χ1n) is 11.3. The third kappa shape index (κ3) is 9.08. The summed E-state index contributed by atoms with van der Waals surface area (Å²) in [4.78, 5) is 30.8. The molecule has 0 aliphatic heterocycles. The van der Waals surface area contributed by atoms with E-state index >= 15 is 0 Å². The topological polar surface area (TPSA) is 133 Å². The number of carbonyl (C=O) groups excluding carboxylic acids is 2. The first kappa shape index (κ1) is 26.6. The summed E-state index contributed by atoms with van der Waals surface area (Å²) in [6.07, 6.45) is 2.15. The fourth-order valence-electron chi connectivity index (χ4n) is 2.87. The molecule has 0 bridgehead atoms. The van der Waals surface area contributed by atoms with Crippen LogP contribution in [-0.4, -0.2) is 67.0 Å². The lowest BCUT2D eigenvalue weighted by Crippen LogP contribution is -2.33. The Morgan fingerprint density at radius 2 is 1.68 bits per heavy atom. The van der Waals surface area contributed by atoms with Crippen molar-refractivity contribution in [3.05, 3.63) is 29.8 Å². The minimum Gasteiger partial charge on any atom is -0.444 e. The zero-order valence-electron chi connectivity index (χ0n) is 20.9. The second-order valence-electron chi connectivity index (χ2n) is 8.88. The van der Waals surface area contributed by atoms with Gasteiger partial charge in [0.2, 0.25) is 0 Å². The number of hydrogen-bond acceptors (Lipinski definition) is 9. The highest BCUT2D eigenvalue weighted by molar-refractivity contribution is 6.07. The van der Waals surface area contributed by atoms with E-state index < -0.39 is 11.7 Å². The van der Waals surface area contributed by atoms with Gasteiger partial charge in [0.05, 0.1) is 5.56 Å². The van der Waals surface area contributed by atoms with Crippen LogP contribution < -0.4 is 26.2 Å². The summed E-state index contributed by atoms with van der Waals surface area (Å²) in [5, 5.41) is 19.9. The molecule has 0 atom stereocenters. The van der Waals surface area contributed by atoms with Crippen molar-refractivity contribution in [3.8, 4) is 0 Å². The lowest BCUT2D eigenvalue weighted by atomic mass is 10.2. The zero-order chi connectivity index (χ0) is 25.1. The van der Waals surface area contributed by atoms with Crippen molar-refractivity contribution in [2.45, 2.75) is 45.6 Å². The lowest BCUT2D eigenvalue weighted by molar-refractivity contribution is 0.0527. The van der Waals surface area contributed by atoms with Crippen molar-refractivity contribution in [2.24, 2.45) is 0 Å². The molecule has 2 aromatic rings. The van der Waals surface area contributed by atoms with Crippen molar-refractivity contribution >= 4 is 35.3 Å². The van der Waals surface area contributed by atoms with Crippen molar-refractivity contribution in [2.75, 3.05) is 55.1 Å². The van der Waals surface area contributed by atoms with Gasteiger partial charge in [-0.2, -0.15) is 0 Å². The molecule has 2 rings (SSSR count). The summed E-state index contributed by atoms with van der Waals surface area (Å²) in [5.41, 5.74) is -0.0983. The van der Waals surface area contributed by atoms with E-state index in [1.165, 1.54) is 0 Å². The number of nitrogens with one attached hydrogen (secondary N) is 4. The van der Waals surface area contributed by atoms with Gasteiger partial charge in [0, 0.05) is 34.2 Å². The number of rotatable bonds is 11. The standard InChI is InChI=1S/C23H36N8O3/c1-23(2,3)34-22(33)26-15-9-7-8-14-25-20-16(10-11-17(24-4)27-20)21(32)28-18-12-13-19(30-29-18)31(5)6/h10-13H,7-9,14-15H2,1-6H3,(H,26,33)(H2,24,25,27)(H,28,29,32). The predicted molar refractivity (Wildman–Crippen MR) is 135 cm³/mol. The number of anilines is 4. The predicted octanol–water partition coefficient (Wildman–Crippen LogP) is 3.34. The highest BCUT2D eigenvalue weighted by Gasteiger charge is 2.16. The molecule has 0 radical (unpaired) electrons. The number of amides is 2. The van der Waals surface area contributed by atoms with Crippen LogP contribution in [-0.2, 0) is 4.74 Å². The third-order valence-electron chi connectivity index (χ3n) is 4.56. The average Bonchev–Trinajstić information content (AvgIpc) is 2.77. The number of aromatic nitrogens is 3. The molecule has 4 N–H and O–H groups in total. The average molecular weight is 473 g/mol. The van der Waals surface area contributed by atoms with Crippen LogP contribution >= 0.6 is 0 Å². The summed E-state index contributed by atoms with van der Waals surface area (Å²) < 4.78 is 5.21. The number of hydrogen-bond donors (Lipinski definition) is 4. The Morgan fingerprint density at radius 3 is 2.29 bits per heavy atom. The Balaban J connectivity index is 1.86. The van der Waals surface area contributed by atoms with Crippen LogP contribution in [0.3, 0.4) is 0 Å². The molecule has 11 nitrogen and oxygen atoms in total. The SMILES string of the molecule is CNc1ccc(C(=O)Nc2ccc(N(C)C)nn2)c(NCCCCCNC(=O)OC(C)(C)C)n1. The number of ether oxygens (including phenoxy) is 1. The van der Waals surface area contributed by atoms with Crippen molar-refractivity contribution in [1.29, 1.82) is 0 Å². The maximum absolute atomic E-state index is 12.8. The number of alkyl carbamates (subject to hydrolysis) is 1. The summed E-state index contributed by atoms with van der Waals surface area (Å²) in [6.45, 7) is 6.67. The molecule has 0 aliphatic carbocycles. The van der Waals surface area contributed by atoms with Gasteiger partial charge in [-0.15, -0.1) is 10.2 Å². The number of nitrogens with zero attached hydrogens (tertiary/aromatic N) is 4. The minimum absolute atomic E-state index is 0.328. The fraction of sp³-hybridized carbons (Fsp3) is 0.522. The van der Waals surface area contributed by atoms with Gasteiger partial charge in [0.1, 0.15) is 17.2 Å². The van der Waals surface area contributed by atoms with Crippen LogP contribution in [0.15, 0.2) is 24.3 Å². The van der Waals surface area contributed by atoms with E-state index in [0.717, 1.165) is 19.3 Å². The zero-order valence-corrected chi connectivity index (χ0v) is 20.9. The molecule has 186 valence electrons. The Hall–Kier alpha value is -3.63. The van der Waals surface area contributed by atoms with Crippen LogP contribution in [0.5, 0.6) is 0 Å². The molecule has 2 aromatic heterocycles. The molecular weight excluding hydrogens is 436 g/mol. The molecule has 0 aliphatic rings. The van der Waals surface area contributed by atoms with E-state index in [0.29, 0.717) is 41.9 Å². The molecule has 0 saturated heterocycles. The van der Waals surface area contributed by atoms with Crippen LogP contribution in [0, 0.1) is 0 Å². The summed E-state index contributed by atoms with van der Waals surface area (Å²) in [7, 11) is 5.50. The van der Waals surface area contributed by atoms with E-state index in [2.05, 4.69) is 36.4 Å². The van der Waals surface area contributed by atoms with Crippen molar-refractivity contribution in [3.63, 3.8) is 0 Å². The second kappa shape index (κ2) is 12.6. The Bertz CT molecular complexity index is 942. The molecule has 34 heavy (non-hydrogen) atoms. The molecule has 0 aromatic carbocycles. The van der Waals surface area contributed by atoms with Gasteiger partial charge in [-0.25, -0.2) is 9.78 Å². The van der Waals surface area contributed by atoms with Gasteiger partial charge in [-0.1, -0.05) is 0 Å². The summed E-state index contributed by atoms with van der Waals surface area (Å²) in [6, 6.07) is 6.93. The van der Waals surface area contributed by atoms with E-state index in [1.54, 1.807) is 31.3 Å². The smallest absolute Gasteiger partial charge is 0.407 e. The van der Waals surface area contributed by atoms with Gasteiger partial charge in [0.15, 0.2) is 11.6 Å². The molecule has 0 fully saturated rings. The van der Waals surface area contributed by atoms with Gasteiger partial charge in [0.25, 0.3) is 5.91 Å². The highest BCUT2D eigenvalue weighted by atomic mass is 16.6. The molecule has 0 unspecified atom stereocenters. The van der Waals surface area contributed by atoms with Gasteiger partial charge in [-0.05, 0) is 64.3 Å². The molecule has 0 saturated carbocycles. The lowest BCUT2D eigenvalue weighted by Gasteiger charge is -2.19. The van der Waals surface area contributed by atoms with E-state index in [4.69, 9.17) is 4.74 Å². The van der Waals surface area contributed by atoms with Crippen LogP contribution in [0.2, 0.25) is 0 Å². The Kier molecular flexibility index (Phi) is 9.84. The second-order valence-corrected chi connectivity index (χ2v) is 8.88. The van der Waals surface area contributed by atoms with Gasteiger partial charge >= 0.3 is 6.09 Å². The largest absolute Gasteiger partial charge is 0.444 e. The number of pyridine rings is 1. The third-order valence-corrected chi connectivity index (χ3v) is 4.56. The van der Waals surface area contributed by atoms with Crippen molar-refractivity contribution in [1.82, 2.24) is 20.5 Å². The molecular formula is C23H36N8O3. The van der Waals surface area contributed by atoms with Gasteiger partial charge in [-0.3, -0.25) is 4.79 Å². The van der Waals surface area contributed by atoms with Crippen LogP contribution in [0.1, 0.15) is 50.4 Å². The maximum Gasteiger partial charge on any atom is 0.407 e. The molecule has 11 heteroatoms. The van der Waals surface area contributed by atoms with E-state index in [1.807, 2.05) is 39.8 Å². The fourth-order valence-corrected chi connectivity index (χ4v) is 2.87. The molecule has 2 amide bonds. The van der Waals surface area contributed by atoms with E-state index in [-0.39, 0.29) is 5.91 Å². The first-order valence-corrected chi connectivity index (χ1v) is 11.3. The van der Waals surface area contributed by atoms with Crippen LogP contribution in [0.4, 0.5) is 28.1 Å². The van der Waals surface area contributed by atoms with Crippen molar-refractivity contribution < 1.29 is 14.3 Å². The van der Waals surface area contributed by atoms with Gasteiger partial charge < -0.3 is 30.9 Å². The maximum atomic E-state index is 12.8. The summed E-state index contributed by atoms with van der Waals surface area (Å²) >= 11 is 0. The molecule has 0 spiro atoms. The number of carbonyl (C=O) groups is 2. The monoisotopic (exact) mass is 472 g/mol. The Morgan fingerprint density at radius 1 is 0.971 bits per heavy atom. The van der Waals surface area contributed by atoms with Crippen LogP contribution in [0.25, 0.3) is 0 Å². The number of unbranched alkanes of at least 4 members (excludes halogenated alkanes) is 2. The molecule has 2 heterocycles. The van der Waals surface area contributed by atoms with E-state index in [9.17, 15) is 9.59 Å². The highest BCUT2D eigenvalue weighted by Crippen LogP contribution is 2.18. The first-order chi connectivity index (χ1) is 16.1. The summed E-state index contributed by atoms with van der Waals surface area (Å²) in [5.74, 6) is 1.86. The normalized spacial score (nSPS) is 10.9. The Labute approximate surface area is 201 Å². The minimum atomic E-state index is -0.505. The quantitative estimate of drug-likeness (QED) is 0.363.